The van der Waals surface area contributed by atoms with Gasteiger partial charge in [0.25, 0.3) is 10.2 Å². The molecule has 18 heavy (non-hydrogen) atoms. The normalized spacial score (nSPS) is 27.7. The lowest BCUT2D eigenvalue weighted by atomic mass is 10.00. The van der Waals surface area contributed by atoms with Crippen LogP contribution in [0, 0.1) is 11.8 Å². The van der Waals surface area contributed by atoms with E-state index in [0.717, 1.165) is 30.8 Å². The topological polar surface area (TPSA) is 69.6 Å². The predicted molar refractivity (Wildman–Crippen MR) is 73.7 cm³/mol. The Hall–Kier alpha value is 0.180. The summed E-state index contributed by atoms with van der Waals surface area (Å²) in [4.78, 5) is 0. The summed E-state index contributed by atoms with van der Waals surface area (Å²) in [7, 11) is -3.31. The Kier molecular flexibility index (Phi) is 5.32. The first-order chi connectivity index (χ1) is 8.62. The fourth-order valence-corrected chi connectivity index (χ4v) is 5.00. The molecule has 0 saturated carbocycles. The summed E-state index contributed by atoms with van der Waals surface area (Å²) < 4.78 is 28.4. The van der Waals surface area contributed by atoms with Crippen LogP contribution in [0.4, 0.5) is 0 Å². The van der Waals surface area contributed by atoms with Crippen molar-refractivity contribution in [3.05, 3.63) is 0 Å². The van der Waals surface area contributed by atoms with E-state index in [1.54, 1.807) is 0 Å². The number of hydrogen-bond acceptors (Lipinski definition) is 4. The summed E-state index contributed by atoms with van der Waals surface area (Å²) in [6.45, 7) is 1.79. The van der Waals surface area contributed by atoms with E-state index in [9.17, 15) is 8.42 Å². The smallest absolute Gasteiger partial charge is 0.279 e. The molecule has 2 fully saturated rings. The first-order valence-electron chi connectivity index (χ1n) is 6.55. The number of rotatable bonds is 5. The fraction of sp³-hybridized carbons (Fsp3) is 1.00. The average Bonchev–Trinajstić information content (AvgIpc) is 2.90. The highest BCUT2D eigenvalue weighted by Gasteiger charge is 2.28. The number of aliphatic hydroxyl groups is 1. The van der Waals surface area contributed by atoms with Crippen LogP contribution in [0.1, 0.15) is 19.3 Å². The minimum atomic E-state index is -3.31. The van der Waals surface area contributed by atoms with Gasteiger partial charge < -0.3 is 5.11 Å². The molecule has 0 radical (unpaired) electrons. The number of nitrogens with one attached hydrogen (secondary N) is 1. The quantitative estimate of drug-likeness (QED) is 0.764. The summed E-state index contributed by atoms with van der Waals surface area (Å²) in [6, 6.07) is 0. The van der Waals surface area contributed by atoms with Crippen LogP contribution in [0.25, 0.3) is 0 Å². The fourth-order valence-electron chi connectivity index (χ4n) is 2.39. The van der Waals surface area contributed by atoms with Gasteiger partial charge in [-0.1, -0.05) is 0 Å². The van der Waals surface area contributed by atoms with Crippen LogP contribution in [0.5, 0.6) is 0 Å². The zero-order chi connectivity index (χ0) is 13.0. The van der Waals surface area contributed by atoms with Crippen LogP contribution in [0.3, 0.4) is 0 Å². The highest BCUT2D eigenvalue weighted by molar-refractivity contribution is 7.99. The minimum Gasteiger partial charge on any atom is -0.396 e. The van der Waals surface area contributed by atoms with Crippen LogP contribution < -0.4 is 4.72 Å². The molecule has 5 nitrogen and oxygen atoms in total. The highest BCUT2D eigenvalue weighted by atomic mass is 32.2. The van der Waals surface area contributed by atoms with E-state index < -0.39 is 10.2 Å². The monoisotopic (exact) mass is 294 g/mol. The molecule has 2 rings (SSSR count). The zero-order valence-electron chi connectivity index (χ0n) is 10.5. The third-order valence-corrected chi connectivity index (χ3v) is 6.56. The number of hydrogen-bond donors (Lipinski definition) is 2. The Labute approximate surface area is 114 Å². The largest absolute Gasteiger partial charge is 0.396 e. The molecule has 2 heterocycles. The molecule has 0 aromatic rings. The van der Waals surface area contributed by atoms with Crippen molar-refractivity contribution in [2.75, 3.05) is 37.7 Å². The molecule has 0 bridgehead atoms. The Balaban J connectivity index is 1.79. The molecular formula is C11H22N2O3S2. The first-order valence-corrected chi connectivity index (χ1v) is 9.14. The maximum Gasteiger partial charge on any atom is 0.279 e. The number of nitrogens with zero attached hydrogens (tertiary/aromatic N) is 1. The van der Waals surface area contributed by atoms with Gasteiger partial charge in [-0.25, -0.2) is 4.72 Å². The van der Waals surface area contributed by atoms with Crippen molar-refractivity contribution in [2.24, 2.45) is 11.8 Å². The van der Waals surface area contributed by atoms with Gasteiger partial charge in [0.1, 0.15) is 0 Å². The molecule has 7 heteroatoms. The molecule has 2 saturated heterocycles. The van der Waals surface area contributed by atoms with Gasteiger partial charge in [0.2, 0.25) is 0 Å². The van der Waals surface area contributed by atoms with E-state index in [1.165, 1.54) is 4.31 Å². The molecule has 0 aromatic carbocycles. The second-order valence-corrected chi connectivity index (χ2v) is 8.01. The van der Waals surface area contributed by atoms with Crippen molar-refractivity contribution in [3.8, 4) is 0 Å². The third-order valence-electron chi connectivity index (χ3n) is 3.75. The molecule has 0 spiro atoms. The second-order valence-electron chi connectivity index (χ2n) is 5.11. The Morgan fingerprint density at radius 1 is 1.22 bits per heavy atom. The van der Waals surface area contributed by atoms with Crippen molar-refractivity contribution in [1.29, 1.82) is 0 Å². The maximum absolute atomic E-state index is 12.1. The molecule has 106 valence electrons. The average molecular weight is 294 g/mol. The standard InChI is InChI=1S/C11H22N2O3S2/c14-8-10-1-4-13(5-2-10)18(15,16)12-7-11-3-6-17-9-11/h10-12,14H,1-9H2. The summed E-state index contributed by atoms with van der Waals surface area (Å²) in [5.74, 6) is 2.96. The summed E-state index contributed by atoms with van der Waals surface area (Å²) in [5.41, 5.74) is 0. The Morgan fingerprint density at radius 2 is 1.94 bits per heavy atom. The lowest BCUT2D eigenvalue weighted by Crippen LogP contribution is -2.46. The van der Waals surface area contributed by atoms with Gasteiger partial charge >= 0.3 is 0 Å². The SMILES string of the molecule is O=S(=O)(NCC1CCSC1)N1CCC(CO)CC1. The minimum absolute atomic E-state index is 0.167. The maximum atomic E-state index is 12.1. The van der Waals surface area contributed by atoms with Crippen LogP contribution >= 0.6 is 11.8 Å². The van der Waals surface area contributed by atoms with Crippen molar-refractivity contribution in [3.63, 3.8) is 0 Å². The molecule has 0 amide bonds. The number of thioether (sulfide) groups is 1. The van der Waals surface area contributed by atoms with Crippen molar-refractivity contribution < 1.29 is 13.5 Å². The number of piperidine rings is 1. The Morgan fingerprint density at radius 3 is 2.50 bits per heavy atom. The summed E-state index contributed by atoms with van der Waals surface area (Å²) in [6.07, 6.45) is 2.63. The summed E-state index contributed by atoms with van der Waals surface area (Å²) >= 11 is 1.90. The lowest BCUT2D eigenvalue weighted by molar-refractivity contribution is 0.169. The van der Waals surface area contributed by atoms with Gasteiger partial charge in [-0.2, -0.15) is 24.5 Å². The van der Waals surface area contributed by atoms with Crippen LogP contribution in [0.2, 0.25) is 0 Å². The molecule has 2 aliphatic heterocycles. The molecular weight excluding hydrogens is 272 g/mol. The van der Waals surface area contributed by atoms with Crippen LogP contribution in [-0.2, 0) is 10.2 Å². The van der Waals surface area contributed by atoms with Crippen LogP contribution in [0.15, 0.2) is 0 Å². The molecule has 1 atom stereocenters. The first kappa shape index (κ1) is 14.6. The highest BCUT2D eigenvalue weighted by Crippen LogP contribution is 2.23. The van der Waals surface area contributed by atoms with Gasteiger partial charge in [-0.15, -0.1) is 0 Å². The molecule has 2 N–H and O–H groups in total. The third kappa shape index (κ3) is 3.84. The lowest BCUT2D eigenvalue weighted by Gasteiger charge is -2.30. The van der Waals surface area contributed by atoms with Gasteiger partial charge in [-0.05, 0) is 42.6 Å². The molecule has 0 aliphatic carbocycles. The van der Waals surface area contributed by atoms with Gasteiger partial charge in [-0.3, -0.25) is 0 Å². The van der Waals surface area contributed by atoms with Crippen molar-refractivity contribution in [1.82, 2.24) is 9.03 Å². The zero-order valence-corrected chi connectivity index (χ0v) is 12.2. The number of aliphatic hydroxyl groups excluding tert-OH is 1. The molecule has 2 aliphatic rings. The second kappa shape index (κ2) is 6.56. The van der Waals surface area contributed by atoms with Gasteiger partial charge in [0, 0.05) is 26.2 Å². The van der Waals surface area contributed by atoms with E-state index in [2.05, 4.69) is 4.72 Å². The van der Waals surface area contributed by atoms with Crippen molar-refractivity contribution in [2.45, 2.75) is 19.3 Å². The molecule has 0 aromatic heterocycles. The van der Waals surface area contributed by atoms with Gasteiger partial charge in [0.15, 0.2) is 0 Å². The van der Waals surface area contributed by atoms with Crippen LogP contribution in [-0.4, -0.2) is 55.6 Å². The van der Waals surface area contributed by atoms with E-state index >= 15 is 0 Å². The van der Waals surface area contributed by atoms with E-state index in [-0.39, 0.29) is 12.5 Å². The van der Waals surface area contributed by atoms with Gasteiger partial charge in [0.05, 0.1) is 0 Å². The summed E-state index contributed by atoms with van der Waals surface area (Å²) in [5, 5.41) is 9.04. The van der Waals surface area contributed by atoms with E-state index in [0.29, 0.717) is 25.6 Å². The van der Waals surface area contributed by atoms with E-state index in [1.807, 2.05) is 11.8 Å². The van der Waals surface area contributed by atoms with E-state index in [4.69, 9.17) is 5.11 Å². The molecule has 1 unspecified atom stereocenters. The van der Waals surface area contributed by atoms with Crippen molar-refractivity contribution >= 4 is 22.0 Å². The predicted octanol–water partition coefficient (Wildman–Crippen LogP) is 0.278. The Bertz CT molecular complexity index is 347.